The van der Waals surface area contributed by atoms with Crippen molar-refractivity contribution in [3.63, 3.8) is 0 Å². The van der Waals surface area contributed by atoms with Gasteiger partial charge in [0.25, 0.3) is 5.91 Å². The molecule has 1 saturated carbocycles. The van der Waals surface area contributed by atoms with E-state index in [0.717, 1.165) is 19.3 Å². The maximum Gasteiger partial charge on any atom is 0.317 e. The number of carbonyl (C=O) groups excluding carboxylic acids is 2. The van der Waals surface area contributed by atoms with Gasteiger partial charge in [0.1, 0.15) is 5.82 Å². The molecule has 164 valence electrons. The average molecular weight is 444 g/mol. The van der Waals surface area contributed by atoms with E-state index in [1.807, 2.05) is 12.1 Å². The van der Waals surface area contributed by atoms with Crippen molar-refractivity contribution in [3.8, 4) is 0 Å². The van der Waals surface area contributed by atoms with Gasteiger partial charge in [0.05, 0.1) is 0 Å². The average Bonchev–Trinajstić information content (AvgIpc) is 3.00. The number of carbonyl (C=O) groups is 2. The van der Waals surface area contributed by atoms with E-state index in [4.69, 9.17) is 11.6 Å². The van der Waals surface area contributed by atoms with Gasteiger partial charge in [0.15, 0.2) is 0 Å². The first-order valence-electron chi connectivity index (χ1n) is 10.8. The molecule has 7 heteroatoms. The Morgan fingerprint density at radius 3 is 2.19 bits per heavy atom. The van der Waals surface area contributed by atoms with Crippen LogP contribution in [0, 0.1) is 5.82 Å². The van der Waals surface area contributed by atoms with E-state index in [-0.39, 0.29) is 23.2 Å². The normalized spacial score (nSPS) is 18.1. The Balaban J connectivity index is 1.33. The third kappa shape index (κ3) is 4.85. The third-order valence-corrected chi connectivity index (χ3v) is 6.76. The molecule has 2 aliphatic rings. The second-order valence-electron chi connectivity index (χ2n) is 8.44. The van der Waals surface area contributed by atoms with Gasteiger partial charge in [-0.2, -0.15) is 0 Å². The summed E-state index contributed by atoms with van der Waals surface area (Å²) in [5, 5.41) is 3.84. The lowest BCUT2D eigenvalue weighted by Gasteiger charge is -2.43. The highest BCUT2D eigenvalue weighted by Crippen LogP contribution is 2.43. The lowest BCUT2D eigenvalue weighted by Crippen LogP contribution is -2.50. The summed E-state index contributed by atoms with van der Waals surface area (Å²) in [4.78, 5) is 29.1. The van der Waals surface area contributed by atoms with Crippen LogP contribution in [0.3, 0.4) is 0 Å². The zero-order chi connectivity index (χ0) is 21.8. The van der Waals surface area contributed by atoms with Crippen LogP contribution in [0.5, 0.6) is 0 Å². The number of nitrogens with zero attached hydrogens (tertiary/aromatic N) is 2. The first-order chi connectivity index (χ1) is 15.0. The number of urea groups is 1. The molecule has 31 heavy (non-hydrogen) atoms. The number of benzene rings is 2. The van der Waals surface area contributed by atoms with Crippen molar-refractivity contribution in [3.05, 3.63) is 70.5 Å². The Bertz CT molecular complexity index is 929. The van der Waals surface area contributed by atoms with Crippen molar-refractivity contribution < 1.29 is 14.0 Å². The summed E-state index contributed by atoms with van der Waals surface area (Å²) in [6.45, 7) is 2.72. The molecule has 0 radical (unpaired) electrons. The van der Waals surface area contributed by atoms with Gasteiger partial charge in [-0.05, 0) is 61.2 Å². The van der Waals surface area contributed by atoms with Gasteiger partial charge in [-0.1, -0.05) is 30.2 Å². The van der Waals surface area contributed by atoms with Gasteiger partial charge in [0.2, 0.25) is 0 Å². The van der Waals surface area contributed by atoms with E-state index >= 15 is 0 Å². The summed E-state index contributed by atoms with van der Waals surface area (Å²) < 4.78 is 13.1. The molecule has 1 heterocycles. The topological polar surface area (TPSA) is 52.7 Å². The molecule has 3 amide bonds. The van der Waals surface area contributed by atoms with E-state index in [1.165, 1.54) is 29.8 Å². The molecule has 0 aromatic heterocycles. The Morgan fingerprint density at radius 1 is 0.903 bits per heavy atom. The molecule has 1 aliphatic heterocycles. The fraction of sp³-hybridized carbons (Fsp3) is 0.417. The van der Waals surface area contributed by atoms with Crippen LogP contribution in [0.15, 0.2) is 48.5 Å². The number of rotatable bonds is 4. The largest absolute Gasteiger partial charge is 0.337 e. The van der Waals surface area contributed by atoms with Crippen LogP contribution in [0.1, 0.15) is 41.6 Å². The van der Waals surface area contributed by atoms with Crippen molar-refractivity contribution in [1.29, 1.82) is 0 Å². The molecule has 2 aromatic carbocycles. The summed E-state index contributed by atoms with van der Waals surface area (Å²) in [5.41, 5.74) is 1.67. The Labute approximate surface area is 187 Å². The molecular weight excluding hydrogens is 417 g/mol. The second-order valence-corrected chi connectivity index (χ2v) is 8.88. The molecule has 0 spiro atoms. The quantitative estimate of drug-likeness (QED) is 0.758. The fourth-order valence-corrected chi connectivity index (χ4v) is 4.56. The molecular formula is C24H27ClFN3O2. The van der Waals surface area contributed by atoms with E-state index in [0.29, 0.717) is 49.7 Å². The Kier molecular flexibility index (Phi) is 6.46. The van der Waals surface area contributed by atoms with E-state index in [1.54, 1.807) is 9.80 Å². The van der Waals surface area contributed by atoms with Crippen LogP contribution < -0.4 is 5.32 Å². The minimum Gasteiger partial charge on any atom is -0.337 e. The predicted molar refractivity (Wildman–Crippen MR) is 119 cm³/mol. The van der Waals surface area contributed by atoms with Crippen LogP contribution in [0.2, 0.25) is 5.02 Å². The third-order valence-electron chi connectivity index (χ3n) is 6.51. The van der Waals surface area contributed by atoms with Crippen LogP contribution in [0.4, 0.5) is 9.18 Å². The molecule has 2 fully saturated rings. The molecule has 1 aliphatic carbocycles. The van der Waals surface area contributed by atoms with Crippen LogP contribution in [-0.2, 0) is 5.41 Å². The lowest BCUT2D eigenvalue weighted by molar-refractivity contribution is 0.0762. The molecule has 0 atom stereocenters. The minimum absolute atomic E-state index is 0.0172. The van der Waals surface area contributed by atoms with Crippen molar-refractivity contribution in [2.45, 2.75) is 31.1 Å². The number of amides is 3. The summed E-state index contributed by atoms with van der Waals surface area (Å²) in [6, 6.07) is 13.4. The van der Waals surface area contributed by atoms with Gasteiger partial charge >= 0.3 is 6.03 Å². The highest BCUT2D eigenvalue weighted by atomic mass is 35.5. The molecule has 0 unspecified atom stereocenters. The summed E-state index contributed by atoms with van der Waals surface area (Å²) >= 11 is 6.03. The highest BCUT2D eigenvalue weighted by Gasteiger charge is 2.39. The summed E-state index contributed by atoms with van der Waals surface area (Å²) in [5.74, 6) is -0.489. The van der Waals surface area contributed by atoms with Crippen LogP contribution in [0.25, 0.3) is 0 Å². The zero-order valence-electron chi connectivity index (χ0n) is 17.4. The Morgan fingerprint density at radius 2 is 1.55 bits per heavy atom. The predicted octanol–water partition coefficient (Wildman–Crippen LogP) is 4.46. The monoisotopic (exact) mass is 443 g/mol. The first kappa shape index (κ1) is 21.6. The lowest BCUT2D eigenvalue weighted by atomic mass is 9.64. The van der Waals surface area contributed by atoms with E-state index in [2.05, 4.69) is 17.4 Å². The fourth-order valence-electron chi connectivity index (χ4n) is 4.43. The summed E-state index contributed by atoms with van der Waals surface area (Å²) in [7, 11) is 0. The molecule has 4 rings (SSSR count). The number of halogens is 2. The first-order valence-corrected chi connectivity index (χ1v) is 11.2. The standard InChI is InChI=1S/C24H27ClFN3O2/c25-20-7-5-19(6-8-20)24(11-1-12-24)17-27-23(31)29-14-2-13-28(15-16-29)22(30)18-3-9-21(26)10-4-18/h3-10H,1-2,11-17H2,(H,27,31). The maximum atomic E-state index is 13.1. The number of hydrogen-bond acceptors (Lipinski definition) is 2. The smallest absolute Gasteiger partial charge is 0.317 e. The maximum absolute atomic E-state index is 13.1. The molecule has 0 bridgehead atoms. The van der Waals surface area contributed by atoms with Gasteiger partial charge in [-0.25, -0.2) is 9.18 Å². The van der Waals surface area contributed by atoms with Gasteiger partial charge < -0.3 is 15.1 Å². The molecule has 1 saturated heterocycles. The van der Waals surface area contributed by atoms with Crippen molar-refractivity contribution >= 4 is 23.5 Å². The highest BCUT2D eigenvalue weighted by molar-refractivity contribution is 6.30. The van der Waals surface area contributed by atoms with Gasteiger partial charge in [-0.3, -0.25) is 4.79 Å². The van der Waals surface area contributed by atoms with Crippen molar-refractivity contribution in [1.82, 2.24) is 15.1 Å². The van der Waals surface area contributed by atoms with Crippen molar-refractivity contribution in [2.75, 3.05) is 32.7 Å². The number of nitrogens with one attached hydrogen (secondary N) is 1. The SMILES string of the molecule is O=C(NCC1(c2ccc(Cl)cc2)CCC1)N1CCCN(C(=O)c2ccc(F)cc2)CC1. The zero-order valence-corrected chi connectivity index (χ0v) is 18.2. The number of hydrogen-bond donors (Lipinski definition) is 1. The minimum atomic E-state index is -0.363. The van der Waals surface area contributed by atoms with Crippen LogP contribution >= 0.6 is 11.6 Å². The summed E-state index contributed by atoms with van der Waals surface area (Å²) in [6.07, 6.45) is 3.97. The van der Waals surface area contributed by atoms with Crippen LogP contribution in [-0.4, -0.2) is 54.5 Å². The Hall–Kier alpha value is -2.60. The molecule has 1 N–H and O–H groups in total. The molecule has 5 nitrogen and oxygen atoms in total. The second kappa shape index (κ2) is 9.27. The van der Waals surface area contributed by atoms with Gasteiger partial charge in [0, 0.05) is 48.7 Å². The van der Waals surface area contributed by atoms with E-state index < -0.39 is 0 Å². The molecule has 2 aromatic rings. The van der Waals surface area contributed by atoms with Crippen molar-refractivity contribution in [2.24, 2.45) is 0 Å². The van der Waals surface area contributed by atoms with Gasteiger partial charge in [-0.15, -0.1) is 0 Å². The van der Waals surface area contributed by atoms with E-state index in [9.17, 15) is 14.0 Å².